The average Bonchev–Trinajstić information content (AvgIpc) is 2.60. The van der Waals surface area contributed by atoms with E-state index in [4.69, 9.17) is 14.9 Å². The van der Waals surface area contributed by atoms with Crippen LogP contribution in [0.5, 0.6) is 0 Å². The van der Waals surface area contributed by atoms with Crippen LogP contribution in [0.25, 0.3) is 0 Å². The molecule has 0 spiro atoms. The summed E-state index contributed by atoms with van der Waals surface area (Å²) < 4.78 is 5.30. The molecule has 0 heterocycles. The van der Waals surface area contributed by atoms with Crippen LogP contribution in [0.15, 0.2) is 0 Å². The van der Waals surface area contributed by atoms with Gasteiger partial charge in [-0.25, -0.2) is 0 Å². The van der Waals surface area contributed by atoms with Gasteiger partial charge in [0.2, 0.25) is 0 Å². The molecule has 0 aliphatic carbocycles. The number of aliphatic hydroxyl groups excluding tert-OH is 2. The lowest BCUT2D eigenvalue weighted by atomic mass is 10.0. The summed E-state index contributed by atoms with van der Waals surface area (Å²) in [5.74, 6) is 0. The molecular formula is C21H44O3. The minimum absolute atomic E-state index is 0.209. The monoisotopic (exact) mass is 350 g/mol. The molecule has 0 fully saturated rings. The Labute approximate surface area is 151 Å². The third-order valence-corrected chi connectivity index (χ3v) is 4.66. The molecule has 24 heavy (non-hydrogen) atoms. The van der Waals surface area contributed by atoms with Crippen LogP contribution in [0.2, 0.25) is 0 Å². The Kier molecular flexibility index (Phi) is 20.8. The second-order valence-corrected chi connectivity index (χ2v) is 7.21. The van der Waals surface area contributed by atoms with Crippen LogP contribution in [0.3, 0.4) is 0 Å². The number of hydrogen-bond acceptors (Lipinski definition) is 3. The Balaban J connectivity index is 2.98. The van der Waals surface area contributed by atoms with Crippen LogP contribution < -0.4 is 0 Å². The fraction of sp³-hybridized carbons (Fsp3) is 1.00. The molecule has 2 N–H and O–H groups in total. The van der Waals surface area contributed by atoms with Gasteiger partial charge in [0, 0.05) is 6.61 Å². The second-order valence-electron chi connectivity index (χ2n) is 7.21. The molecule has 0 saturated heterocycles. The second kappa shape index (κ2) is 20.9. The Bertz CT molecular complexity index is 221. The molecule has 0 aliphatic rings. The van der Waals surface area contributed by atoms with Crippen molar-refractivity contribution in [2.45, 2.75) is 116 Å². The molecule has 0 saturated carbocycles. The molecule has 146 valence electrons. The third kappa shape index (κ3) is 19.9. The van der Waals surface area contributed by atoms with Gasteiger partial charge < -0.3 is 14.9 Å². The first-order chi connectivity index (χ1) is 11.8. The maximum absolute atomic E-state index is 9.12. The van der Waals surface area contributed by atoms with Crippen molar-refractivity contribution in [3.63, 3.8) is 0 Å². The minimum Gasteiger partial charge on any atom is -0.394 e. The smallest absolute Gasteiger partial charge is 0.100 e. The SMILES string of the molecule is CCCCCCCCCCCCCCCCCCO[14CH2][14CH](O)[14CH2]O. The van der Waals surface area contributed by atoms with E-state index in [2.05, 4.69) is 6.92 Å². The molecule has 0 amide bonds. The van der Waals surface area contributed by atoms with E-state index in [1.54, 1.807) is 0 Å². The summed E-state index contributed by atoms with van der Waals surface area (Å²) in [6.07, 6.45) is 21.2. The highest BCUT2D eigenvalue weighted by Gasteiger charge is 2.00. The van der Waals surface area contributed by atoms with Crippen molar-refractivity contribution < 1.29 is 14.9 Å². The van der Waals surface area contributed by atoms with E-state index in [-0.39, 0.29) is 13.2 Å². The quantitative estimate of drug-likeness (QED) is 0.280. The largest absolute Gasteiger partial charge is 0.394 e. The Hall–Kier alpha value is -0.120. The van der Waals surface area contributed by atoms with Crippen LogP contribution in [-0.2, 0) is 4.74 Å². The summed E-state index contributed by atoms with van der Waals surface area (Å²) in [5, 5.41) is 17.8. The van der Waals surface area contributed by atoms with Crippen LogP contribution in [0, 0.1) is 0 Å². The fourth-order valence-electron chi connectivity index (χ4n) is 3.02. The van der Waals surface area contributed by atoms with Crippen molar-refractivity contribution in [1.29, 1.82) is 0 Å². The highest BCUT2D eigenvalue weighted by Crippen LogP contribution is 2.13. The van der Waals surface area contributed by atoms with Gasteiger partial charge in [0.15, 0.2) is 0 Å². The average molecular weight is 351 g/mol. The lowest BCUT2D eigenvalue weighted by Crippen LogP contribution is -2.19. The summed E-state index contributed by atoms with van der Waals surface area (Å²) in [6, 6.07) is 0. The van der Waals surface area contributed by atoms with Crippen molar-refractivity contribution in [3.8, 4) is 0 Å². The van der Waals surface area contributed by atoms with Crippen molar-refractivity contribution in [1.82, 2.24) is 0 Å². The molecule has 3 nitrogen and oxygen atoms in total. The molecule has 3 heteroatoms. The van der Waals surface area contributed by atoms with Gasteiger partial charge in [-0.2, -0.15) is 0 Å². The maximum atomic E-state index is 9.12. The van der Waals surface area contributed by atoms with Gasteiger partial charge in [-0.3, -0.25) is 0 Å². The zero-order valence-corrected chi connectivity index (χ0v) is 16.3. The highest BCUT2D eigenvalue weighted by atomic mass is 16.8. The number of rotatable bonds is 20. The van der Waals surface area contributed by atoms with Gasteiger partial charge in [-0.15, -0.1) is 0 Å². The summed E-state index contributed by atoms with van der Waals surface area (Å²) in [5.41, 5.74) is 0. The van der Waals surface area contributed by atoms with Gasteiger partial charge >= 0.3 is 0 Å². The number of unbranched alkanes of at least 4 members (excludes halogenated alkanes) is 15. The van der Waals surface area contributed by atoms with Crippen LogP contribution in [0.4, 0.5) is 0 Å². The standard InChI is InChI=1S/C21H44O3/c1-2-3-4-5-6-7-8-9-10-11-12-13-14-15-16-17-18-24-20-21(23)19-22/h21-23H,2-20H2,1H3/i19+2,20+2,21+2. The Morgan fingerprint density at radius 1 is 0.667 bits per heavy atom. The highest BCUT2D eigenvalue weighted by molar-refractivity contribution is 4.51. The van der Waals surface area contributed by atoms with E-state index < -0.39 is 6.10 Å². The molecule has 0 aromatic carbocycles. The molecule has 0 aromatic rings. The fourth-order valence-corrected chi connectivity index (χ4v) is 3.02. The first-order valence-corrected chi connectivity index (χ1v) is 10.7. The van der Waals surface area contributed by atoms with Gasteiger partial charge in [-0.05, 0) is 6.42 Å². The van der Waals surface area contributed by atoms with Crippen LogP contribution >= 0.6 is 0 Å². The maximum Gasteiger partial charge on any atom is 0.100 e. The van der Waals surface area contributed by atoms with Crippen LogP contribution in [-0.4, -0.2) is 36.1 Å². The van der Waals surface area contributed by atoms with E-state index in [0.29, 0.717) is 6.61 Å². The topological polar surface area (TPSA) is 49.7 Å². The summed E-state index contributed by atoms with van der Waals surface area (Å²) in [6.45, 7) is 3.03. The van der Waals surface area contributed by atoms with Gasteiger partial charge in [0.05, 0.1) is 13.2 Å². The van der Waals surface area contributed by atoms with Crippen LogP contribution in [0.1, 0.15) is 110 Å². The van der Waals surface area contributed by atoms with E-state index in [9.17, 15) is 0 Å². The predicted molar refractivity (Wildman–Crippen MR) is 103 cm³/mol. The predicted octanol–water partition coefficient (Wildman–Crippen LogP) is 5.62. The van der Waals surface area contributed by atoms with E-state index in [0.717, 1.165) is 6.42 Å². The normalized spacial score (nSPS) is 12.6. The molecule has 0 rings (SSSR count). The van der Waals surface area contributed by atoms with Crippen molar-refractivity contribution in [2.24, 2.45) is 0 Å². The summed E-state index contributed by atoms with van der Waals surface area (Å²) >= 11 is 0. The zero-order valence-electron chi connectivity index (χ0n) is 16.3. The summed E-state index contributed by atoms with van der Waals surface area (Å²) in [4.78, 5) is 0. The van der Waals surface area contributed by atoms with Gasteiger partial charge in [0.1, 0.15) is 6.10 Å². The number of ether oxygens (including phenoxy) is 1. The number of hydrogen-bond donors (Lipinski definition) is 2. The Morgan fingerprint density at radius 3 is 1.42 bits per heavy atom. The molecule has 0 bridgehead atoms. The Morgan fingerprint density at radius 2 is 1.04 bits per heavy atom. The molecule has 0 aromatic heterocycles. The molecule has 0 aliphatic heterocycles. The lowest BCUT2D eigenvalue weighted by Gasteiger charge is -2.08. The van der Waals surface area contributed by atoms with Crippen molar-refractivity contribution in [2.75, 3.05) is 19.8 Å². The molecule has 1 unspecified atom stereocenters. The molecule has 0 radical (unpaired) electrons. The summed E-state index contributed by atoms with van der Waals surface area (Å²) in [7, 11) is 0. The van der Waals surface area contributed by atoms with Gasteiger partial charge in [-0.1, -0.05) is 103 Å². The number of aliphatic hydroxyl groups is 2. The third-order valence-electron chi connectivity index (χ3n) is 4.66. The molecule has 1 atom stereocenters. The van der Waals surface area contributed by atoms with Crippen molar-refractivity contribution in [3.05, 3.63) is 0 Å². The van der Waals surface area contributed by atoms with Crippen molar-refractivity contribution >= 4 is 0 Å². The van der Waals surface area contributed by atoms with E-state index >= 15 is 0 Å². The lowest BCUT2D eigenvalue weighted by molar-refractivity contribution is 0.00526. The minimum atomic E-state index is -0.717. The molecular weight excluding hydrogens is 306 g/mol. The zero-order chi connectivity index (χ0) is 17.7. The van der Waals surface area contributed by atoms with E-state index in [1.165, 1.54) is 96.3 Å². The van der Waals surface area contributed by atoms with Gasteiger partial charge in [0.25, 0.3) is 0 Å². The first-order valence-electron chi connectivity index (χ1n) is 10.7. The first kappa shape index (κ1) is 23.9. The van der Waals surface area contributed by atoms with E-state index in [1.807, 2.05) is 0 Å².